The van der Waals surface area contributed by atoms with Gasteiger partial charge in [0.15, 0.2) is 0 Å². The van der Waals surface area contributed by atoms with Gasteiger partial charge in [0.05, 0.1) is 12.7 Å². The molecule has 1 aromatic rings. The Morgan fingerprint density at radius 2 is 2.19 bits per heavy atom. The van der Waals surface area contributed by atoms with E-state index in [2.05, 4.69) is 4.74 Å². The van der Waals surface area contributed by atoms with Crippen LogP contribution >= 0.6 is 11.6 Å². The van der Waals surface area contributed by atoms with Crippen LogP contribution in [-0.4, -0.2) is 48.1 Å². The zero-order valence-electron chi connectivity index (χ0n) is 11.2. The molecule has 6 nitrogen and oxygen atoms in total. The van der Waals surface area contributed by atoms with Crippen LogP contribution in [0.4, 0.5) is 4.79 Å². The lowest BCUT2D eigenvalue weighted by atomic mass is 10.2. The number of amides is 1. The number of aliphatic hydroxyl groups is 1. The Balaban J connectivity index is 2.16. The van der Waals surface area contributed by atoms with E-state index in [1.165, 1.54) is 25.3 Å². The number of halogens is 1. The Morgan fingerprint density at radius 1 is 1.43 bits per heavy atom. The van der Waals surface area contributed by atoms with E-state index in [0.717, 1.165) is 4.90 Å². The van der Waals surface area contributed by atoms with Crippen molar-refractivity contribution < 1.29 is 24.2 Å². The highest BCUT2D eigenvalue weighted by Crippen LogP contribution is 2.18. The number of hydrogen-bond donors (Lipinski definition) is 1. The fourth-order valence-corrected chi connectivity index (χ4v) is 2.11. The van der Waals surface area contributed by atoms with E-state index < -0.39 is 24.4 Å². The number of hydrogen-bond acceptors (Lipinski definition) is 5. The van der Waals surface area contributed by atoms with Gasteiger partial charge in [0.2, 0.25) is 6.23 Å². The van der Waals surface area contributed by atoms with Crippen LogP contribution in [0.3, 0.4) is 0 Å². The Bertz CT molecular complexity index is 574. The molecule has 1 aliphatic rings. The molecule has 0 spiro atoms. The summed E-state index contributed by atoms with van der Waals surface area (Å²) in [6.45, 7) is 0.178. The van der Waals surface area contributed by atoms with Crippen molar-refractivity contribution in [3.63, 3.8) is 0 Å². The molecule has 112 valence electrons. The molecule has 7 heteroatoms. The third-order valence-electron chi connectivity index (χ3n) is 2.93. The molecule has 0 saturated carbocycles. The van der Waals surface area contributed by atoms with Gasteiger partial charge < -0.3 is 14.6 Å². The van der Waals surface area contributed by atoms with Gasteiger partial charge in [-0.1, -0.05) is 29.8 Å². The minimum atomic E-state index is -1.14. The molecule has 0 aromatic heterocycles. The summed E-state index contributed by atoms with van der Waals surface area (Å²) >= 11 is 5.81. The van der Waals surface area contributed by atoms with Gasteiger partial charge in [-0.25, -0.2) is 9.59 Å². The van der Waals surface area contributed by atoms with Crippen LogP contribution in [0.15, 0.2) is 36.4 Å². The summed E-state index contributed by atoms with van der Waals surface area (Å²) in [5, 5.41) is 10.3. The molecule has 0 unspecified atom stereocenters. The van der Waals surface area contributed by atoms with Crippen LogP contribution in [0.5, 0.6) is 0 Å². The minimum absolute atomic E-state index is 0.178. The Kier molecular flexibility index (Phi) is 4.82. The second-order valence-electron chi connectivity index (χ2n) is 4.35. The molecule has 0 aliphatic carbocycles. The second-order valence-corrected chi connectivity index (χ2v) is 4.78. The fourth-order valence-electron chi connectivity index (χ4n) is 1.92. The largest absolute Gasteiger partial charge is 0.453 e. The normalized spacial score (nSPS) is 21.0. The van der Waals surface area contributed by atoms with Crippen molar-refractivity contribution in [3.05, 3.63) is 47.0 Å². The maximum Gasteiger partial charge on any atom is 0.412 e. The van der Waals surface area contributed by atoms with Gasteiger partial charge >= 0.3 is 12.1 Å². The third-order valence-corrected chi connectivity index (χ3v) is 3.17. The van der Waals surface area contributed by atoms with Crippen molar-refractivity contribution >= 4 is 23.7 Å². The summed E-state index contributed by atoms with van der Waals surface area (Å²) in [4.78, 5) is 24.8. The van der Waals surface area contributed by atoms with Crippen LogP contribution in [0.2, 0.25) is 5.02 Å². The number of aliphatic hydroxyl groups excluding tert-OH is 1. The SMILES string of the molecule is COC(=O)N1CC=C[C@H](O)[C@H]1OC(=O)c1cccc(Cl)c1. The summed E-state index contributed by atoms with van der Waals surface area (Å²) < 4.78 is 9.81. The van der Waals surface area contributed by atoms with E-state index in [9.17, 15) is 14.7 Å². The van der Waals surface area contributed by atoms with Gasteiger partial charge in [-0.05, 0) is 18.2 Å². The average Bonchev–Trinajstić information content (AvgIpc) is 2.48. The summed E-state index contributed by atoms with van der Waals surface area (Å²) in [6, 6.07) is 6.20. The van der Waals surface area contributed by atoms with E-state index >= 15 is 0 Å². The van der Waals surface area contributed by atoms with Crippen molar-refractivity contribution in [1.82, 2.24) is 4.90 Å². The first kappa shape index (κ1) is 15.3. The standard InChI is InChI=1S/C14H14ClNO5/c1-20-14(19)16-7-3-6-11(17)12(16)21-13(18)9-4-2-5-10(15)8-9/h2-6,8,11-12,17H,7H2,1H3/t11-,12+/m0/s1. The lowest BCUT2D eigenvalue weighted by Crippen LogP contribution is -2.51. The van der Waals surface area contributed by atoms with E-state index in [1.807, 2.05) is 0 Å². The molecule has 1 heterocycles. The molecular formula is C14H14ClNO5. The topological polar surface area (TPSA) is 76.1 Å². The van der Waals surface area contributed by atoms with Crippen LogP contribution in [0.25, 0.3) is 0 Å². The Morgan fingerprint density at radius 3 is 2.86 bits per heavy atom. The second kappa shape index (κ2) is 6.60. The summed E-state index contributed by atoms with van der Waals surface area (Å²) in [5.74, 6) is -0.689. The zero-order chi connectivity index (χ0) is 15.4. The lowest BCUT2D eigenvalue weighted by Gasteiger charge is -2.33. The van der Waals surface area contributed by atoms with Gasteiger partial charge in [-0.2, -0.15) is 0 Å². The number of ether oxygens (including phenoxy) is 2. The zero-order valence-corrected chi connectivity index (χ0v) is 12.0. The van der Waals surface area contributed by atoms with E-state index in [1.54, 1.807) is 18.2 Å². The molecule has 0 bridgehead atoms. The van der Waals surface area contributed by atoms with Gasteiger partial charge in [-0.15, -0.1) is 0 Å². The summed E-state index contributed by atoms with van der Waals surface area (Å²) in [7, 11) is 1.21. The number of esters is 1. The van der Waals surface area contributed by atoms with Crippen LogP contribution < -0.4 is 0 Å². The molecule has 0 radical (unpaired) electrons. The smallest absolute Gasteiger partial charge is 0.412 e. The molecule has 0 saturated heterocycles. The maximum absolute atomic E-state index is 12.1. The Hall–Kier alpha value is -2.05. The van der Waals surface area contributed by atoms with Crippen molar-refractivity contribution in [2.24, 2.45) is 0 Å². The van der Waals surface area contributed by atoms with Crippen LogP contribution in [0, 0.1) is 0 Å². The number of nitrogens with zero attached hydrogens (tertiary/aromatic N) is 1. The first-order valence-corrected chi connectivity index (χ1v) is 6.56. The lowest BCUT2D eigenvalue weighted by molar-refractivity contribution is -0.0732. The molecular weight excluding hydrogens is 298 g/mol. The monoisotopic (exact) mass is 311 g/mol. The minimum Gasteiger partial charge on any atom is -0.453 e. The number of rotatable bonds is 2. The third kappa shape index (κ3) is 3.53. The van der Waals surface area contributed by atoms with Crippen molar-refractivity contribution in [1.29, 1.82) is 0 Å². The van der Waals surface area contributed by atoms with Crippen LogP contribution in [0.1, 0.15) is 10.4 Å². The molecule has 1 aliphatic heterocycles. The summed E-state index contributed by atoms with van der Waals surface area (Å²) in [6.07, 6.45) is 0.0814. The average molecular weight is 312 g/mol. The molecule has 1 N–H and O–H groups in total. The number of methoxy groups -OCH3 is 1. The molecule has 1 aromatic carbocycles. The van der Waals surface area contributed by atoms with Gasteiger partial charge in [-0.3, -0.25) is 4.90 Å². The first-order valence-electron chi connectivity index (χ1n) is 6.19. The Labute approximate surface area is 126 Å². The highest BCUT2D eigenvalue weighted by molar-refractivity contribution is 6.30. The highest BCUT2D eigenvalue weighted by Gasteiger charge is 2.34. The molecule has 21 heavy (non-hydrogen) atoms. The highest BCUT2D eigenvalue weighted by atomic mass is 35.5. The van der Waals surface area contributed by atoms with Gasteiger partial charge in [0, 0.05) is 11.6 Å². The van der Waals surface area contributed by atoms with Gasteiger partial charge in [0.25, 0.3) is 0 Å². The van der Waals surface area contributed by atoms with E-state index in [0.29, 0.717) is 5.02 Å². The predicted octanol–water partition coefficient (Wildman–Crippen LogP) is 1.82. The number of benzene rings is 1. The molecule has 2 rings (SSSR count). The molecule has 2 atom stereocenters. The maximum atomic E-state index is 12.1. The van der Waals surface area contributed by atoms with E-state index in [4.69, 9.17) is 16.3 Å². The fraction of sp³-hybridized carbons (Fsp3) is 0.286. The predicted molar refractivity (Wildman–Crippen MR) is 74.9 cm³/mol. The molecule has 1 amide bonds. The van der Waals surface area contributed by atoms with E-state index in [-0.39, 0.29) is 12.1 Å². The quantitative estimate of drug-likeness (QED) is 0.666. The van der Waals surface area contributed by atoms with Gasteiger partial charge in [0.1, 0.15) is 6.10 Å². The van der Waals surface area contributed by atoms with Crippen molar-refractivity contribution in [2.75, 3.05) is 13.7 Å². The number of carbonyl (C=O) groups excluding carboxylic acids is 2. The van der Waals surface area contributed by atoms with Crippen LogP contribution in [-0.2, 0) is 9.47 Å². The first-order chi connectivity index (χ1) is 10.0. The van der Waals surface area contributed by atoms with Crippen molar-refractivity contribution in [3.8, 4) is 0 Å². The molecule has 0 fully saturated rings. The number of carbonyl (C=O) groups is 2. The summed E-state index contributed by atoms with van der Waals surface area (Å²) in [5.41, 5.74) is 0.231. The van der Waals surface area contributed by atoms with Crippen molar-refractivity contribution in [2.45, 2.75) is 12.3 Å².